The molecule has 2 aromatic carbocycles. The molecule has 0 radical (unpaired) electrons. The van der Waals surface area contributed by atoms with Gasteiger partial charge in [0.2, 0.25) is 11.1 Å². The van der Waals surface area contributed by atoms with Crippen molar-refractivity contribution in [2.24, 2.45) is 0 Å². The number of hydrogen-bond donors (Lipinski definition) is 2. The van der Waals surface area contributed by atoms with Crippen molar-refractivity contribution in [3.63, 3.8) is 0 Å². The number of rotatable bonds is 7. The van der Waals surface area contributed by atoms with Crippen molar-refractivity contribution in [2.75, 3.05) is 11.1 Å². The normalized spacial score (nSPS) is 11.4. The number of anilines is 1. The minimum atomic E-state index is -0.422. The second-order valence-corrected chi connectivity index (χ2v) is 9.61. The summed E-state index contributed by atoms with van der Waals surface area (Å²) in [7, 11) is 0. The van der Waals surface area contributed by atoms with Gasteiger partial charge >= 0.3 is 5.97 Å². The van der Waals surface area contributed by atoms with Gasteiger partial charge in [-0.15, -0.1) is 5.10 Å². The fourth-order valence-corrected chi connectivity index (χ4v) is 3.50. The van der Waals surface area contributed by atoms with E-state index in [1.54, 1.807) is 38.1 Å². The highest BCUT2D eigenvalue weighted by Gasteiger charge is 2.15. The van der Waals surface area contributed by atoms with Crippen LogP contribution in [0.3, 0.4) is 0 Å². The van der Waals surface area contributed by atoms with E-state index in [1.165, 1.54) is 17.3 Å². The Morgan fingerprint density at radius 3 is 2.50 bits per heavy atom. The Kier molecular flexibility index (Phi) is 7.35. The Hall–Kier alpha value is -3.13. The van der Waals surface area contributed by atoms with Gasteiger partial charge in [-0.05, 0) is 43.0 Å². The number of nitrogens with zero attached hydrogens (tertiary/aromatic N) is 2. The van der Waals surface area contributed by atoms with Gasteiger partial charge in [0.1, 0.15) is 0 Å². The van der Waals surface area contributed by atoms with Gasteiger partial charge in [0, 0.05) is 11.3 Å². The largest absolute Gasteiger partial charge is 0.459 e. The van der Waals surface area contributed by atoms with E-state index in [0.717, 1.165) is 5.56 Å². The lowest BCUT2D eigenvalue weighted by molar-refractivity contribution is -0.113. The van der Waals surface area contributed by atoms with Crippen LogP contribution >= 0.6 is 11.8 Å². The van der Waals surface area contributed by atoms with Crippen molar-refractivity contribution < 1.29 is 14.3 Å². The van der Waals surface area contributed by atoms with E-state index in [2.05, 4.69) is 53.4 Å². The summed E-state index contributed by atoms with van der Waals surface area (Å²) in [4.78, 5) is 28.8. The molecule has 0 spiro atoms. The number of aromatic amines is 1. The number of ether oxygens (including phenoxy) is 1. The Morgan fingerprint density at radius 1 is 1.12 bits per heavy atom. The molecule has 1 amide bonds. The molecule has 0 unspecified atom stereocenters. The van der Waals surface area contributed by atoms with Crippen LogP contribution in [-0.4, -0.2) is 38.9 Å². The van der Waals surface area contributed by atoms with Gasteiger partial charge in [-0.1, -0.05) is 62.9 Å². The zero-order chi connectivity index (χ0) is 23.3. The summed E-state index contributed by atoms with van der Waals surface area (Å²) in [6, 6.07) is 14.9. The summed E-state index contributed by atoms with van der Waals surface area (Å²) >= 11 is 1.23. The first-order chi connectivity index (χ1) is 15.1. The van der Waals surface area contributed by atoms with Crippen molar-refractivity contribution in [1.82, 2.24) is 15.2 Å². The third-order valence-electron chi connectivity index (χ3n) is 4.55. The summed E-state index contributed by atoms with van der Waals surface area (Å²) in [6.45, 7) is 10.1. The summed E-state index contributed by atoms with van der Waals surface area (Å²) in [6.07, 6.45) is -0.209. The number of aromatic nitrogens is 3. The van der Waals surface area contributed by atoms with Gasteiger partial charge in [0.15, 0.2) is 5.82 Å². The topological polar surface area (TPSA) is 97.0 Å². The second-order valence-electron chi connectivity index (χ2n) is 8.67. The molecule has 0 bridgehead atoms. The van der Waals surface area contributed by atoms with Crippen LogP contribution in [0.2, 0.25) is 0 Å². The van der Waals surface area contributed by atoms with Gasteiger partial charge < -0.3 is 10.1 Å². The summed E-state index contributed by atoms with van der Waals surface area (Å²) in [5.74, 6) is 0.158. The standard InChI is InChI=1S/C24H28N4O3S/c1-15(2)31-22(30)17-7-6-8-19(13-17)25-20(29)14-32-23-26-21(27-28-23)16-9-11-18(12-10-16)24(3,4)5/h6-13,15H,14H2,1-5H3,(H,25,29)(H,26,27,28). The SMILES string of the molecule is CC(C)OC(=O)c1cccc(NC(=O)CSc2n[nH]c(-c3ccc(C(C)(C)C)cc3)n2)c1. The Balaban J connectivity index is 1.56. The minimum absolute atomic E-state index is 0.0859. The smallest absolute Gasteiger partial charge is 0.338 e. The quantitative estimate of drug-likeness (QED) is 0.384. The fraction of sp³-hybridized carbons (Fsp3) is 0.333. The molecule has 0 fully saturated rings. The maximum absolute atomic E-state index is 12.3. The molecule has 0 aliphatic heterocycles. The van der Waals surface area contributed by atoms with E-state index < -0.39 is 5.97 Å². The molecule has 0 saturated carbocycles. The number of carbonyl (C=O) groups excluding carboxylic acids is 2. The van der Waals surface area contributed by atoms with E-state index in [-0.39, 0.29) is 23.2 Å². The van der Waals surface area contributed by atoms with Crippen LogP contribution in [0.25, 0.3) is 11.4 Å². The number of carbonyl (C=O) groups is 2. The highest BCUT2D eigenvalue weighted by molar-refractivity contribution is 7.99. The maximum Gasteiger partial charge on any atom is 0.338 e. The number of amides is 1. The van der Waals surface area contributed by atoms with E-state index in [1.807, 2.05) is 12.1 Å². The number of thioether (sulfide) groups is 1. The van der Waals surface area contributed by atoms with Gasteiger partial charge in [-0.2, -0.15) is 0 Å². The molecule has 0 atom stereocenters. The molecule has 2 N–H and O–H groups in total. The van der Waals surface area contributed by atoms with Gasteiger partial charge in [0.25, 0.3) is 0 Å². The average Bonchev–Trinajstić information content (AvgIpc) is 3.20. The third-order valence-corrected chi connectivity index (χ3v) is 5.39. The molecule has 8 heteroatoms. The van der Waals surface area contributed by atoms with Gasteiger partial charge in [-0.3, -0.25) is 9.89 Å². The Labute approximate surface area is 192 Å². The van der Waals surface area contributed by atoms with E-state index in [0.29, 0.717) is 22.2 Å². The molecule has 1 heterocycles. The molecular formula is C24H28N4O3S. The predicted molar refractivity (Wildman–Crippen MR) is 127 cm³/mol. The predicted octanol–water partition coefficient (Wildman–Crippen LogP) is 5.07. The van der Waals surface area contributed by atoms with E-state index in [4.69, 9.17) is 4.74 Å². The Bertz CT molecular complexity index is 1090. The van der Waals surface area contributed by atoms with E-state index >= 15 is 0 Å². The Morgan fingerprint density at radius 2 is 1.84 bits per heavy atom. The molecule has 3 aromatic rings. The number of H-pyrrole nitrogens is 1. The first kappa shape index (κ1) is 23.5. The molecule has 3 rings (SSSR count). The monoisotopic (exact) mass is 452 g/mol. The maximum atomic E-state index is 12.3. The van der Waals surface area contributed by atoms with Crippen LogP contribution in [0.5, 0.6) is 0 Å². The lowest BCUT2D eigenvalue weighted by Crippen LogP contribution is -2.15. The minimum Gasteiger partial charge on any atom is -0.459 e. The summed E-state index contributed by atoms with van der Waals surface area (Å²) in [5.41, 5.74) is 3.19. The molecular weight excluding hydrogens is 424 g/mol. The molecule has 0 aliphatic rings. The van der Waals surface area contributed by atoms with Crippen LogP contribution in [-0.2, 0) is 14.9 Å². The highest BCUT2D eigenvalue weighted by Crippen LogP contribution is 2.25. The number of benzene rings is 2. The van der Waals surface area contributed by atoms with Gasteiger partial charge in [0.05, 0.1) is 17.4 Å². The zero-order valence-electron chi connectivity index (χ0n) is 18.9. The third kappa shape index (κ3) is 6.43. The van der Waals surface area contributed by atoms with Crippen LogP contribution in [0.1, 0.15) is 50.5 Å². The van der Waals surface area contributed by atoms with Crippen molar-refractivity contribution in [1.29, 1.82) is 0 Å². The van der Waals surface area contributed by atoms with Gasteiger partial charge in [-0.25, -0.2) is 9.78 Å². The van der Waals surface area contributed by atoms with Crippen LogP contribution in [0.4, 0.5) is 5.69 Å². The molecule has 32 heavy (non-hydrogen) atoms. The number of esters is 1. The molecule has 7 nitrogen and oxygen atoms in total. The van der Waals surface area contributed by atoms with Crippen molar-refractivity contribution in [3.05, 3.63) is 59.7 Å². The lowest BCUT2D eigenvalue weighted by atomic mass is 9.87. The zero-order valence-corrected chi connectivity index (χ0v) is 19.7. The van der Waals surface area contributed by atoms with Crippen LogP contribution in [0, 0.1) is 0 Å². The summed E-state index contributed by atoms with van der Waals surface area (Å²) in [5, 5.41) is 10.4. The lowest BCUT2D eigenvalue weighted by Gasteiger charge is -2.18. The number of nitrogens with one attached hydrogen (secondary N) is 2. The molecule has 1 aromatic heterocycles. The van der Waals surface area contributed by atoms with Crippen LogP contribution < -0.4 is 5.32 Å². The molecule has 168 valence electrons. The van der Waals surface area contributed by atoms with Crippen molar-refractivity contribution >= 4 is 29.3 Å². The highest BCUT2D eigenvalue weighted by atomic mass is 32.2. The average molecular weight is 453 g/mol. The summed E-state index contributed by atoms with van der Waals surface area (Å²) < 4.78 is 5.19. The van der Waals surface area contributed by atoms with Crippen LogP contribution in [0.15, 0.2) is 53.7 Å². The second kappa shape index (κ2) is 9.99. The van der Waals surface area contributed by atoms with E-state index in [9.17, 15) is 9.59 Å². The van der Waals surface area contributed by atoms with Crippen molar-refractivity contribution in [2.45, 2.75) is 51.3 Å². The first-order valence-corrected chi connectivity index (χ1v) is 11.4. The molecule has 0 saturated heterocycles. The van der Waals surface area contributed by atoms with Crippen molar-refractivity contribution in [3.8, 4) is 11.4 Å². The molecule has 0 aliphatic carbocycles. The first-order valence-electron chi connectivity index (χ1n) is 10.4. The number of hydrogen-bond acceptors (Lipinski definition) is 6. The fourth-order valence-electron chi connectivity index (χ4n) is 2.90.